The minimum atomic E-state index is -0.588. The monoisotopic (exact) mass is 270 g/mol. The first-order valence-electron chi connectivity index (χ1n) is 5.84. The number of carbonyl (C=O) groups is 2. The SMILES string of the molecule is NC(=O)c1ccc(Nc2cccc(C(N)=O)c2N)cc1. The van der Waals surface area contributed by atoms with Gasteiger partial charge in [-0.15, -0.1) is 0 Å². The Morgan fingerprint density at radius 3 is 2.10 bits per heavy atom. The summed E-state index contributed by atoms with van der Waals surface area (Å²) in [6.45, 7) is 0. The van der Waals surface area contributed by atoms with E-state index in [4.69, 9.17) is 17.2 Å². The summed E-state index contributed by atoms with van der Waals surface area (Å²) in [6.07, 6.45) is 0. The van der Waals surface area contributed by atoms with E-state index in [9.17, 15) is 9.59 Å². The summed E-state index contributed by atoms with van der Waals surface area (Å²) in [5.74, 6) is -1.08. The van der Waals surface area contributed by atoms with E-state index >= 15 is 0 Å². The summed E-state index contributed by atoms with van der Waals surface area (Å²) in [5.41, 5.74) is 18.5. The summed E-state index contributed by atoms with van der Waals surface area (Å²) in [6, 6.07) is 11.5. The zero-order valence-electron chi connectivity index (χ0n) is 10.6. The second-order valence-electron chi connectivity index (χ2n) is 4.20. The van der Waals surface area contributed by atoms with Crippen molar-refractivity contribution in [2.45, 2.75) is 0 Å². The van der Waals surface area contributed by atoms with Gasteiger partial charge in [-0.1, -0.05) is 6.07 Å². The van der Waals surface area contributed by atoms with Crippen LogP contribution >= 0.6 is 0 Å². The number of nitrogen functional groups attached to an aromatic ring is 1. The molecule has 2 amide bonds. The third-order valence-electron chi connectivity index (χ3n) is 2.82. The van der Waals surface area contributed by atoms with Gasteiger partial charge in [0.1, 0.15) is 0 Å². The van der Waals surface area contributed by atoms with E-state index in [0.717, 1.165) is 0 Å². The van der Waals surface area contributed by atoms with Gasteiger partial charge in [0.25, 0.3) is 5.91 Å². The van der Waals surface area contributed by atoms with Crippen LogP contribution < -0.4 is 22.5 Å². The van der Waals surface area contributed by atoms with Crippen molar-refractivity contribution >= 4 is 28.9 Å². The molecule has 7 N–H and O–H groups in total. The molecule has 0 aromatic heterocycles. The zero-order valence-corrected chi connectivity index (χ0v) is 10.6. The van der Waals surface area contributed by atoms with Gasteiger partial charge in [0.2, 0.25) is 5.91 Å². The quantitative estimate of drug-likeness (QED) is 0.623. The fourth-order valence-electron chi connectivity index (χ4n) is 1.76. The molecule has 0 aliphatic heterocycles. The molecule has 0 radical (unpaired) electrons. The van der Waals surface area contributed by atoms with Gasteiger partial charge < -0.3 is 22.5 Å². The molecule has 2 aromatic rings. The van der Waals surface area contributed by atoms with Crippen molar-refractivity contribution in [2.75, 3.05) is 11.1 Å². The van der Waals surface area contributed by atoms with Crippen LogP contribution in [0.3, 0.4) is 0 Å². The van der Waals surface area contributed by atoms with Gasteiger partial charge in [0.05, 0.1) is 16.9 Å². The predicted octanol–water partition coefficient (Wildman–Crippen LogP) is 1.21. The number of hydrogen-bond donors (Lipinski definition) is 4. The van der Waals surface area contributed by atoms with Gasteiger partial charge in [0, 0.05) is 11.3 Å². The van der Waals surface area contributed by atoms with E-state index in [1.54, 1.807) is 42.5 Å². The normalized spacial score (nSPS) is 10.0. The zero-order chi connectivity index (χ0) is 14.7. The van der Waals surface area contributed by atoms with Gasteiger partial charge in [-0.3, -0.25) is 9.59 Å². The van der Waals surface area contributed by atoms with Crippen LogP contribution in [0.15, 0.2) is 42.5 Å². The van der Waals surface area contributed by atoms with Crippen molar-refractivity contribution in [3.63, 3.8) is 0 Å². The lowest BCUT2D eigenvalue weighted by atomic mass is 10.1. The Morgan fingerprint density at radius 2 is 1.55 bits per heavy atom. The Morgan fingerprint density at radius 1 is 0.900 bits per heavy atom. The molecule has 6 nitrogen and oxygen atoms in total. The van der Waals surface area contributed by atoms with Crippen LogP contribution in [0.25, 0.3) is 0 Å². The molecule has 0 bridgehead atoms. The fraction of sp³-hybridized carbons (Fsp3) is 0. The van der Waals surface area contributed by atoms with Gasteiger partial charge in [-0.25, -0.2) is 0 Å². The first kappa shape index (κ1) is 13.4. The number of anilines is 3. The van der Waals surface area contributed by atoms with Crippen molar-refractivity contribution in [1.82, 2.24) is 0 Å². The molecule has 0 heterocycles. The minimum absolute atomic E-state index is 0.253. The van der Waals surface area contributed by atoms with E-state index in [0.29, 0.717) is 16.9 Å². The van der Waals surface area contributed by atoms with E-state index in [-0.39, 0.29) is 11.3 Å². The number of para-hydroxylation sites is 1. The maximum atomic E-state index is 11.2. The third kappa shape index (κ3) is 2.69. The number of nitrogens with two attached hydrogens (primary N) is 3. The molecule has 2 aromatic carbocycles. The van der Waals surface area contributed by atoms with Crippen LogP contribution in [0.1, 0.15) is 20.7 Å². The molecule has 0 unspecified atom stereocenters. The highest BCUT2D eigenvalue weighted by molar-refractivity contribution is 6.01. The molecular weight excluding hydrogens is 256 g/mol. The van der Waals surface area contributed by atoms with Crippen LogP contribution in [-0.4, -0.2) is 11.8 Å². The van der Waals surface area contributed by atoms with Gasteiger partial charge in [-0.2, -0.15) is 0 Å². The van der Waals surface area contributed by atoms with E-state index in [1.165, 1.54) is 0 Å². The van der Waals surface area contributed by atoms with E-state index in [1.807, 2.05) is 0 Å². The number of primary amides is 2. The molecule has 0 spiro atoms. The van der Waals surface area contributed by atoms with Crippen LogP contribution in [0.5, 0.6) is 0 Å². The Kier molecular flexibility index (Phi) is 3.56. The van der Waals surface area contributed by atoms with Crippen LogP contribution in [0.4, 0.5) is 17.1 Å². The average Bonchev–Trinajstić information content (AvgIpc) is 2.41. The van der Waals surface area contributed by atoms with Crippen molar-refractivity contribution in [1.29, 1.82) is 0 Å². The van der Waals surface area contributed by atoms with Crippen LogP contribution in [-0.2, 0) is 0 Å². The molecule has 0 fully saturated rings. The smallest absolute Gasteiger partial charge is 0.250 e. The topological polar surface area (TPSA) is 124 Å². The van der Waals surface area contributed by atoms with Crippen LogP contribution in [0.2, 0.25) is 0 Å². The van der Waals surface area contributed by atoms with Gasteiger partial charge >= 0.3 is 0 Å². The number of carbonyl (C=O) groups excluding carboxylic acids is 2. The maximum absolute atomic E-state index is 11.2. The summed E-state index contributed by atoms with van der Waals surface area (Å²) < 4.78 is 0. The summed E-state index contributed by atoms with van der Waals surface area (Å²) in [4.78, 5) is 22.2. The molecule has 0 aliphatic rings. The van der Waals surface area contributed by atoms with Crippen molar-refractivity contribution < 1.29 is 9.59 Å². The summed E-state index contributed by atoms with van der Waals surface area (Å²) in [5, 5.41) is 3.05. The number of hydrogen-bond acceptors (Lipinski definition) is 4. The minimum Gasteiger partial charge on any atom is -0.396 e. The van der Waals surface area contributed by atoms with Gasteiger partial charge in [-0.05, 0) is 36.4 Å². The molecule has 20 heavy (non-hydrogen) atoms. The van der Waals surface area contributed by atoms with Crippen molar-refractivity contribution in [3.8, 4) is 0 Å². The molecule has 0 aliphatic carbocycles. The molecule has 2 rings (SSSR count). The second-order valence-corrected chi connectivity index (χ2v) is 4.20. The first-order valence-corrected chi connectivity index (χ1v) is 5.84. The lowest BCUT2D eigenvalue weighted by molar-refractivity contribution is 0.0992. The highest BCUT2D eigenvalue weighted by Gasteiger charge is 2.09. The Balaban J connectivity index is 2.28. The Bertz CT molecular complexity index is 665. The number of benzene rings is 2. The lowest BCUT2D eigenvalue weighted by Crippen LogP contribution is -2.14. The number of amides is 2. The summed E-state index contributed by atoms with van der Waals surface area (Å²) >= 11 is 0. The molecule has 0 saturated carbocycles. The van der Waals surface area contributed by atoms with Crippen LogP contribution in [0, 0.1) is 0 Å². The summed E-state index contributed by atoms with van der Waals surface area (Å²) in [7, 11) is 0. The van der Waals surface area contributed by atoms with E-state index in [2.05, 4.69) is 5.32 Å². The standard InChI is InChI=1S/C14H14N4O2/c15-12-10(14(17)20)2-1-3-11(12)18-9-6-4-8(5-7-9)13(16)19/h1-7,18H,15H2,(H2,16,19)(H2,17,20). The highest BCUT2D eigenvalue weighted by Crippen LogP contribution is 2.26. The average molecular weight is 270 g/mol. The number of rotatable bonds is 4. The highest BCUT2D eigenvalue weighted by atomic mass is 16.1. The van der Waals surface area contributed by atoms with Crippen molar-refractivity contribution in [3.05, 3.63) is 53.6 Å². The van der Waals surface area contributed by atoms with Gasteiger partial charge in [0.15, 0.2) is 0 Å². The largest absolute Gasteiger partial charge is 0.396 e. The molecule has 102 valence electrons. The molecule has 0 saturated heterocycles. The van der Waals surface area contributed by atoms with E-state index < -0.39 is 11.8 Å². The Hall–Kier alpha value is -3.02. The maximum Gasteiger partial charge on any atom is 0.250 e. The second kappa shape index (κ2) is 5.31. The predicted molar refractivity (Wildman–Crippen MR) is 77.6 cm³/mol. The lowest BCUT2D eigenvalue weighted by Gasteiger charge is -2.11. The third-order valence-corrected chi connectivity index (χ3v) is 2.82. The molecule has 0 atom stereocenters. The molecule has 6 heteroatoms. The number of nitrogens with one attached hydrogen (secondary N) is 1. The van der Waals surface area contributed by atoms with Crippen molar-refractivity contribution in [2.24, 2.45) is 11.5 Å². The Labute approximate surface area is 115 Å². The fourth-order valence-corrected chi connectivity index (χ4v) is 1.76. The first-order chi connectivity index (χ1) is 9.49. The molecular formula is C14H14N4O2.